The Kier molecular flexibility index (Phi) is 6.70. The molecule has 0 radical (unpaired) electrons. The van der Waals surface area contributed by atoms with Gasteiger partial charge in [-0.25, -0.2) is 4.98 Å². The summed E-state index contributed by atoms with van der Waals surface area (Å²) in [6, 6.07) is 18.0. The topological polar surface area (TPSA) is 80.5 Å². The zero-order valence-corrected chi connectivity index (χ0v) is 20.0. The summed E-state index contributed by atoms with van der Waals surface area (Å²) in [6.07, 6.45) is 4.90. The molecular formula is C27H25N5O2S. The van der Waals surface area contributed by atoms with Gasteiger partial charge in [0.25, 0.3) is 11.8 Å². The van der Waals surface area contributed by atoms with Gasteiger partial charge in [0.2, 0.25) is 0 Å². The van der Waals surface area contributed by atoms with E-state index in [0.29, 0.717) is 42.8 Å². The number of hydrogen-bond donors (Lipinski definition) is 0. The van der Waals surface area contributed by atoms with Crippen molar-refractivity contribution < 1.29 is 9.59 Å². The number of carbonyl (C=O) groups is 2. The fourth-order valence-corrected chi connectivity index (χ4v) is 5.15. The predicted octanol–water partition coefficient (Wildman–Crippen LogP) is 3.63. The quantitative estimate of drug-likeness (QED) is 0.518. The lowest BCUT2D eigenvalue weighted by molar-refractivity contribution is 0.00853. The summed E-state index contributed by atoms with van der Waals surface area (Å²) in [5, 5.41) is 11.1. The molecule has 0 unspecified atom stereocenters. The number of aromatic nitrogens is 1. The number of piperazine rings is 1. The molecule has 2 fully saturated rings. The Labute approximate surface area is 208 Å². The summed E-state index contributed by atoms with van der Waals surface area (Å²) in [7, 11) is 0. The van der Waals surface area contributed by atoms with Crippen LogP contribution in [0.3, 0.4) is 0 Å². The Balaban J connectivity index is 1.13. The summed E-state index contributed by atoms with van der Waals surface area (Å²) < 4.78 is 0. The van der Waals surface area contributed by atoms with Crippen molar-refractivity contribution in [1.82, 2.24) is 19.7 Å². The van der Waals surface area contributed by atoms with Gasteiger partial charge in [-0.3, -0.25) is 14.5 Å². The minimum Gasteiger partial charge on any atom is -0.335 e. The highest BCUT2D eigenvalue weighted by atomic mass is 32.1. The molecule has 0 atom stereocenters. The summed E-state index contributed by atoms with van der Waals surface area (Å²) >= 11 is 1.38. The summed E-state index contributed by atoms with van der Waals surface area (Å²) in [5.41, 5.74) is 3.72. The van der Waals surface area contributed by atoms with E-state index in [9.17, 15) is 9.59 Å². The van der Waals surface area contributed by atoms with Gasteiger partial charge >= 0.3 is 0 Å². The van der Waals surface area contributed by atoms with Crippen LogP contribution in [0.4, 0.5) is 0 Å². The number of nitriles is 1. The second kappa shape index (κ2) is 10.2. The first-order valence-corrected chi connectivity index (χ1v) is 12.5. The summed E-state index contributed by atoms with van der Waals surface area (Å²) in [4.78, 5) is 35.7. The third kappa shape index (κ3) is 5.02. The second-order valence-corrected chi connectivity index (χ2v) is 9.59. The number of likely N-dealkylation sites (tertiary alicyclic amines) is 1. The lowest BCUT2D eigenvalue weighted by Gasteiger charge is -2.48. The average molecular weight is 484 g/mol. The van der Waals surface area contributed by atoms with Crippen LogP contribution in [-0.2, 0) is 0 Å². The van der Waals surface area contributed by atoms with E-state index < -0.39 is 0 Å². The van der Waals surface area contributed by atoms with Gasteiger partial charge in [-0.2, -0.15) is 5.26 Å². The minimum absolute atomic E-state index is 0.0128. The van der Waals surface area contributed by atoms with E-state index in [2.05, 4.69) is 9.88 Å². The molecule has 0 spiro atoms. The Morgan fingerprint density at radius 1 is 0.971 bits per heavy atom. The van der Waals surface area contributed by atoms with Gasteiger partial charge in [0.05, 0.1) is 6.07 Å². The number of allylic oxidation sites excluding steroid dienone is 1. The largest absolute Gasteiger partial charge is 0.335 e. The summed E-state index contributed by atoms with van der Waals surface area (Å²) in [6.45, 7) is 4.46. The Morgan fingerprint density at radius 3 is 2.43 bits per heavy atom. The maximum absolute atomic E-state index is 13.0. The van der Waals surface area contributed by atoms with Crippen LogP contribution >= 0.6 is 11.3 Å². The van der Waals surface area contributed by atoms with Crippen molar-refractivity contribution in [2.75, 3.05) is 39.3 Å². The number of thiazole rings is 1. The highest BCUT2D eigenvalue weighted by Crippen LogP contribution is 2.24. The van der Waals surface area contributed by atoms with Crippen molar-refractivity contribution in [3.63, 3.8) is 0 Å². The van der Waals surface area contributed by atoms with E-state index in [0.717, 1.165) is 29.8 Å². The summed E-state index contributed by atoms with van der Waals surface area (Å²) in [5.74, 6) is 0.0648. The molecule has 2 aliphatic rings. The van der Waals surface area contributed by atoms with Crippen LogP contribution in [0.25, 0.3) is 17.2 Å². The predicted molar refractivity (Wildman–Crippen MR) is 136 cm³/mol. The van der Waals surface area contributed by atoms with Crippen molar-refractivity contribution in [1.29, 1.82) is 5.26 Å². The van der Waals surface area contributed by atoms with Gasteiger partial charge in [-0.15, -0.1) is 11.3 Å². The Morgan fingerprint density at radius 2 is 1.74 bits per heavy atom. The number of carbonyl (C=O) groups excluding carboxylic acids is 2. The van der Waals surface area contributed by atoms with Crippen molar-refractivity contribution in [2.45, 2.75) is 6.04 Å². The van der Waals surface area contributed by atoms with Crippen molar-refractivity contribution >= 4 is 29.2 Å². The molecule has 0 bridgehead atoms. The van der Waals surface area contributed by atoms with Gasteiger partial charge in [0.1, 0.15) is 0 Å². The number of rotatable bonds is 5. The molecule has 0 N–H and O–H groups in total. The molecule has 7 nitrogen and oxygen atoms in total. The molecular weight excluding hydrogens is 458 g/mol. The van der Waals surface area contributed by atoms with Crippen LogP contribution in [0.1, 0.15) is 25.7 Å². The van der Waals surface area contributed by atoms with Crippen LogP contribution in [0.2, 0.25) is 0 Å². The Bertz CT molecular complexity index is 1270. The van der Waals surface area contributed by atoms with Crippen molar-refractivity contribution in [3.05, 3.63) is 82.3 Å². The van der Waals surface area contributed by atoms with Gasteiger partial charge < -0.3 is 9.80 Å². The molecule has 0 saturated carbocycles. The molecule has 5 rings (SSSR count). The molecule has 35 heavy (non-hydrogen) atoms. The lowest BCUT2D eigenvalue weighted by atomic mass is 10.00. The van der Waals surface area contributed by atoms with E-state index in [1.54, 1.807) is 12.3 Å². The zero-order valence-electron chi connectivity index (χ0n) is 19.2. The zero-order chi connectivity index (χ0) is 24.2. The highest BCUT2D eigenvalue weighted by molar-refractivity contribution is 7.11. The van der Waals surface area contributed by atoms with Crippen LogP contribution in [0.5, 0.6) is 0 Å². The van der Waals surface area contributed by atoms with Crippen molar-refractivity contribution in [3.8, 4) is 17.2 Å². The first-order valence-electron chi connectivity index (χ1n) is 11.6. The molecule has 8 heteroatoms. The van der Waals surface area contributed by atoms with Crippen LogP contribution < -0.4 is 0 Å². The monoisotopic (exact) mass is 483 g/mol. The van der Waals surface area contributed by atoms with Gasteiger partial charge in [-0.05, 0) is 41.0 Å². The number of hydrogen-bond acceptors (Lipinski definition) is 6. The number of nitrogens with zero attached hydrogens (tertiary/aromatic N) is 5. The molecule has 3 heterocycles. The van der Waals surface area contributed by atoms with E-state index in [4.69, 9.17) is 5.26 Å². The van der Waals surface area contributed by atoms with Crippen LogP contribution in [-0.4, -0.2) is 76.8 Å². The third-order valence-corrected chi connectivity index (χ3v) is 7.35. The second-order valence-electron chi connectivity index (χ2n) is 8.69. The average Bonchev–Trinajstić information content (AvgIpc) is 3.42. The number of benzene rings is 2. The normalized spacial score (nSPS) is 16.8. The van der Waals surface area contributed by atoms with Crippen LogP contribution in [0.15, 0.2) is 66.2 Å². The number of amides is 2. The standard InChI is InChI=1S/C27H25N5O2S/c28-10-2-4-20-3-1-5-23(17-20)21-6-8-22(9-7-21)26(33)32-18-24(19-32)30-12-14-31(15-13-30)27(34)25-29-11-16-35-25/h1-9,11,16-17,24H,12-15,18-19H2. The first kappa shape index (κ1) is 23.0. The SMILES string of the molecule is N#CC=Cc1cccc(-c2ccc(C(=O)N3CC(N4CCN(C(=O)c5nccs5)CC4)C3)cc2)c1. The third-order valence-electron chi connectivity index (χ3n) is 6.58. The van der Waals surface area contributed by atoms with Crippen molar-refractivity contribution in [2.24, 2.45) is 0 Å². The fraction of sp³-hybridized carbons (Fsp3) is 0.259. The highest BCUT2D eigenvalue weighted by Gasteiger charge is 2.37. The molecule has 3 aromatic rings. The van der Waals surface area contributed by atoms with E-state index >= 15 is 0 Å². The lowest BCUT2D eigenvalue weighted by Crippen LogP contribution is -2.64. The molecule has 1 aromatic heterocycles. The van der Waals surface area contributed by atoms with Crippen LogP contribution in [0, 0.1) is 11.3 Å². The van der Waals surface area contributed by atoms with Gasteiger partial charge in [0, 0.05) is 68.5 Å². The molecule has 0 aliphatic carbocycles. The maximum Gasteiger partial charge on any atom is 0.282 e. The maximum atomic E-state index is 13.0. The molecule has 176 valence electrons. The molecule has 2 amide bonds. The van der Waals surface area contributed by atoms with Gasteiger partial charge in [-0.1, -0.05) is 30.3 Å². The smallest absolute Gasteiger partial charge is 0.282 e. The van der Waals surface area contributed by atoms with E-state index in [-0.39, 0.29) is 11.8 Å². The van der Waals surface area contributed by atoms with Gasteiger partial charge in [0.15, 0.2) is 5.01 Å². The minimum atomic E-state index is 0.0128. The first-order chi connectivity index (χ1) is 17.1. The fourth-order valence-electron chi connectivity index (χ4n) is 4.55. The molecule has 2 aliphatic heterocycles. The van der Waals surface area contributed by atoms with E-state index in [1.807, 2.05) is 69.8 Å². The molecule has 2 saturated heterocycles. The molecule has 2 aromatic carbocycles. The van der Waals surface area contributed by atoms with E-state index in [1.165, 1.54) is 17.4 Å². The Hall–Kier alpha value is -3.80.